The van der Waals surface area contributed by atoms with Gasteiger partial charge in [-0.1, -0.05) is 12.7 Å². The number of ether oxygens (including phenoxy) is 2. The van der Waals surface area contributed by atoms with Gasteiger partial charge in [0.15, 0.2) is 11.5 Å². The molecule has 1 atom stereocenters. The van der Waals surface area contributed by atoms with Crippen LogP contribution in [0, 0.1) is 0 Å². The number of hydrogen-bond acceptors (Lipinski definition) is 6. The Morgan fingerprint density at radius 1 is 1.12 bits per heavy atom. The zero-order valence-electron chi connectivity index (χ0n) is 19.0. The van der Waals surface area contributed by atoms with E-state index in [1.807, 2.05) is 23.2 Å². The van der Waals surface area contributed by atoms with Crippen LogP contribution in [0.2, 0.25) is 0 Å². The molecule has 3 rings (SSSR count). The Morgan fingerprint density at radius 3 is 2.52 bits per heavy atom. The van der Waals surface area contributed by atoms with Crippen LogP contribution in [0.3, 0.4) is 0 Å². The molecule has 0 radical (unpaired) electrons. The third-order valence-corrected chi connectivity index (χ3v) is 5.15. The van der Waals surface area contributed by atoms with Gasteiger partial charge in [-0.2, -0.15) is 5.10 Å². The van der Waals surface area contributed by atoms with Gasteiger partial charge in [0.25, 0.3) is 0 Å². The van der Waals surface area contributed by atoms with Crippen LogP contribution in [0.1, 0.15) is 31.7 Å². The van der Waals surface area contributed by atoms with E-state index in [-0.39, 0.29) is 17.9 Å². The number of rotatable bonds is 9. The van der Waals surface area contributed by atoms with E-state index in [2.05, 4.69) is 22.3 Å². The number of carbonyl (C=O) groups is 2. The second kappa shape index (κ2) is 11.7. The lowest BCUT2D eigenvalue weighted by Crippen LogP contribution is -2.44. The number of anilines is 2. The lowest BCUT2D eigenvalue weighted by atomic mass is 10.0. The minimum absolute atomic E-state index is 0.108. The molecule has 0 aliphatic carbocycles. The highest BCUT2D eigenvalue weighted by atomic mass is 16.5. The first-order chi connectivity index (χ1) is 16.0. The molecule has 2 aromatic rings. The molecule has 8 heteroatoms. The van der Waals surface area contributed by atoms with Crippen LogP contribution in [-0.2, 0) is 9.59 Å². The SMILES string of the molecule is C=CCOc1cc(/C=N/N2CCCCC2C(=O)Nc2ccc(NC(C)=O)cc2)ccc1OC. The molecule has 1 aliphatic heterocycles. The number of methoxy groups -OCH3 is 1. The average molecular weight is 451 g/mol. The van der Waals surface area contributed by atoms with E-state index in [0.29, 0.717) is 36.0 Å². The summed E-state index contributed by atoms with van der Waals surface area (Å²) in [5.41, 5.74) is 2.19. The van der Waals surface area contributed by atoms with Gasteiger partial charge in [-0.25, -0.2) is 0 Å². The molecule has 0 bridgehead atoms. The second-order valence-corrected chi connectivity index (χ2v) is 7.68. The molecule has 33 heavy (non-hydrogen) atoms. The van der Waals surface area contributed by atoms with E-state index in [9.17, 15) is 9.59 Å². The summed E-state index contributed by atoms with van der Waals surface area (Å²) in [7, 11) is 1.59. The molecule has 1 aliphatic rings. The standard InChI is InChI=1S/C25H30N4O4/c1-4-15-33-24-16-19(8-13-23(24)32-3)17-26-29-14-6-5-7-22(29)25(31)28-21-11-9-20(10-12-21)27-18(2)30/h4,8-13,16-17,22H,1,5-7,14-15H2,2-3H3,(H,27,30)(H,28,31)/b26-17+. The number of nitrogens with one attached hydrogen (secondary N) is 2. The Kier molecular flexibility index (Phi) is 8.46. The van der Waals surface area contributed by atoms with Crippen LogP contribution in [0.15, 0.2) is 60.2 Å². The maximum absolute atomic E-state index is 13.0. The molecule has 1 unspecified atom stereocenters. The van der Waals surface area contributed by atoms with Gasteiger partial charge in [0.05, 0.1) is 13.3 Å². The van der Waals surface area contributed by atoms with Crippen molar-refractivity contribution in [2.75, 3.05) is 30.9 Å². The minimum atomic E-state index is -0.361. The first kappa shape index (κ1) is 23.8. The predicted octanol–water partition coefficient (Wildman–Crippen LogP) is 4.05. The van der Waals surface area contributed by atoms with Gasteiger partial charge in [0.2, 0.25) is 11.8 Å². The van der Waals surface area contributed by atoms with Crippen molar-refractivity contribution in [3.8, 4) is 11.5 Å². The van der Waals surface area contributed by atoms with Crippen molar-refractivity contribution < 1.29 is 19.1 Å². The number of piperidine rings is 1. The van der Waals surface area contributed by atoms with Crippen molar-refractivity contribution in [2.24, 2.45) is 5.10 Å². The summed E-state index contributed by atoms with van der Waals surface area (Å²) in [6.07, 6.45) is 6.07. The highest BCUT2D eigenvalue weighted by Gasteiger charge is 2.27. The lowest BCUT2D eigenvalue weighted by molar-refractivity contribution is -0.122. The predicted molar refractivity (Wildman–Crippen MR) is 130 cm³/mol. The Bertz CT molecular complexity index is 1000. The molecule has 1 saturated heterocycles. The number of carbonyl (C=O) groups excluding carboxylic acids is 2. The first-order valence-electron chi connectivity index (χ1n) is 10.9. The highest BCUT2D eigenvalue weighted by molar-refractivity contribution is 5.95. The molecular weight excluding hydrogens is 420 g/mol. The van der Waals surface area contributed by atoms with Gasteiger partial charge in [0, 0.05) is 24.8 Å². The number of benzene rings is 2. The van der Waals surface area contributed by atoms with E-state index in [0.717, 1.165) is 24.8 Å². The van der Waals surface area contributed by atoms with Gasteiger partial charge in [-0.15, -0.1) is 0 Å². The largest absolute Gasteiger partial charge is 0.493 e. The van der Waals surface area contributed by atoms with Crippen molar-refractivity contribution >= 4 is 29.4 Å². The fraction of sp³-hybridized carbons (Fsp3) is 0.320. The monoisotopic (exact) mass is 450 g/mol. The molecule has 174 valence electrons. The van der Waals surface area contributed by atoms with E-state index in [1.54, 1.807) is 43.7 Å². The number of hydrogen-bond donors (Lipinski definition) is 2. The van der Waals surface area contributed by atoms with Crippen LogP contribution in [0.4, 0.5) is 11.4 Å². The van der Waals surface area contributed by atoms with E-state index < -0.39 is 0 Å². The van der Waals surface area contributed by atoms with Gasteiger partial charge in [-0.3, -0.25) is 14.6 Å². The average Bonchev–Trinajstić information content (AvgIpc) is 2.82. The summed E-state index contributed by atoms with van der Waals surface area (Å²) in [6, 6.07) is 12.2. The zero-order chi connectivity index (χ0) is 23.6. The van der Waals surface area contributed by atoms with E-state index in [4.69, 9.17) is 9.47 Å². The molecule has 2 N–H and O–H groups in total. The van der Waals surface area contributed by atoms with E-state index >= 15 is 0 Å². The van der Waals surface area contributed by atoms with Crippen molar-refractivity contribution in [3.63, 3.8) is 0 Å². The zero-order valence-corrected chi connectivity index (χ0v) is 19.0. The van der Waals surface area contributed by atoms with Gasteiger partial charge < -0.3 is 20.1 Å². The molecule has 1 heterocycles. The van der Waals surface area contributed by atoms with Crippen molar-refractivity contribution in [3.05, 3.63) is 60.7 Å². The number of hydrazone groups is 1. The molecule has 0 spiro atoms. The first-order valence-corrected chi connectivity index (χ1v) is 10.9. The third-order valence-electron chi connectivity index (χ3n) is 5.15. The molecule has 0 aromatic heterocycles. The van der Waals surface area contributed by atoms with Crippen molar-refractivity contribution in [1.29, 1.82) is 0 Å². The van der Waals surface area contributed by atoms with Crippen LogP contribution in [0.25, 0.3) is 0 Å². The van der Waals surface area contributed by atoms with Crippen LogP contribution in [-0.4, -0.2) is 49.3 Å². The topological polar surface area (TPSA) is 92.3 Å². The maximum Gasteiger partial charge on any atom is 0.248 e. The summed E-state index contributed by atoms with van der Waals surface area (Å²) in [5.74, 6) is 0.994. The molecule has 0 saturated carbocycles. The number of nitrogens with zero attached hydrogens (tertiary/aromatic N) is 2. The Hall–Kier alpha value is -3.81. The Labute approximate surface area is 194 Å². The fourth-order valence-electron chi connectivity index (χ4n) is 3.56. The summed E-state index contributed by atoms with van der Waals surface area (Å²) in [4.78, 5) is 24.1. The molecular formula is C25H30N4O4. The van der Waals surface area contributed by atoms with Crippen LogP contribution < -0.4 is 20.1 Å². The quantitative estimate of drug-likeness (QED) is 0.444. The minimum Gasteiger partial charge on any atom is -0.493 e. The molecule has 2 amide bonds. The van der Waals surface area contributed by atoms with Crippen molar-refractivity contribution in [2.45, 2.75) is 32.2 Å². The fourth-order valence-corrected chi connectivity index (χ4v) is 3.56. The summed E-state index contributed by atoms with van der Waals surface area (Å²) >= 11 is 0. The third kappa shape index (κ3) is 6.83. The van der Waals surface area contributed by atoms with Gasteiger partial charge >= 0.3 is 0 Å². The molecule has 8 nitrogen and oxygen atoms in total. The van der Waals surface area contributed by atoms with Crippen molar-refractivity contribution in [1.82, 2.24) is 5.01 Å². The Balaban J connectivity index is 1.68. The normalized spacial score (nSPS) is 15.7. The maximum atomic E-state index is 13.0. The molecule has 1 fully saturated rings. The lowest BCUT2D eigenvalue weighted by Gasteiger charge is -2.32. The summed E-state index contributed by atoms with van der Waals surface area (Å²) in [6.45, 7) is 6.19. The summed E-state index contributed by atoms with van der Waals surface area (Å²) < 4.78 is 11.0. The smallest absolute Gasteiger partial charge is 0.248 e. The van der Waals surface area contributed by atoms with Crippen LogP contribution in [0.5, 0.6) is 11.5 Å². The number of amides is 2. The van der Waals surface area contributed by atoms with E-state index in [1.165, 1.54) is 6.92 Å². The highest BCUT2D eigenvalue weighted by Crippen LogP contribution is 2.28. The van der Waals surface area contributed by atoms with Gasteiger partial charge in [-0.05, 0) is 67.3 Å². The summed E-state index contributed by atoms with van der Waals surface area (Å²) in [5, 5.41) is 12.1. The second-order valence-electron chi connectivity index (χ2n) is 7.68. The molecule has 2 aromatic carbocycles. The van der Waals surface area contributed by atoms with Gasteiger partial charge in [0.1, 0.15) is 12.6 Å². The van der Waals surface area contributed by atoms with Crippen LogP contribution >= 0.6 is 0 Å². The Morgan fingerprint density at radius 2 is 1.85 bits per heavy atom.